The molecule has 4 atom stereocenters. The number of ether oxygens (including phenoxy) is 4. The average molecular weight is 280 g/mol. The monoisotopic (exact) mass is 280 g/mol. The van der Waals surface area contributed by atoms with Crippen LogP contribution in [0.2, 0.25) is 0 Å². The van der Waals surface area contributed by atoms with Crippen LogP contribution in [0.25, 0.3) is 0 Å². The standard InChI is InChI=1S/C12H24O7/c1-2-16-3-4-17-5-6-18-12-10(15)7-9(14)11(8-13)19-12/h9-15H,2-8H2,1H3/t9-,10?,11?,12-/m1/s1. The molecule has 7 nitrogen and oxygen atoms in total. The molecule has 1 aliphatic rings. The van der Waals surface area contributed by atoms with Crippen molar-refractivity contribution >= 4 is 0 Å². The zero-order valence-electron chi connectivity index (χ0n) is 11.2. The molecule has 19 heavy (non-hydrogen) atoms. The quantitative estimate of drug-likeness (QED) is 0.460. The fourth-order valence-electron chi connectivity index (χ4n) is 1.77. The molecule has 0 spiro atoms. The molecule has 0 aromatic rings. The minimum Gasteiger partial charge on any atom is -0.394 e. The molecule has 1 rings (SSSR count). The van der Waals surface area contributed by atoms with Gasteiger partial charge in [0.05, 0.1) is 39.1 Å². The Hall–Kier alpha value is -0.280. The highest BCUT2D eigenvalue weighted by Crippen LogP contribution is 2.20. The Kier molecular flexibility index (Phi) is 8.47. The molecule has 0 amide bonds. The molecule has 1 aliphatic heterocycles. The lowest BCUT2D eigenvalue weighted by Crippen LogP contribution is -2.50. The summed E-state index contributed by atoms with van der Waals surface area (Å²) in [6.45, 7) is 3.93. The zero-order valence-corrected chi connectivity index (χ0v) is 11.2. The van der Waals surface area contributed by atoms with Crippen molar-refractivity contribution in [2.24, 2.45) is 0 Å². The number of hydrogen-bond donors (Lipinski definition) is 3. The van der Waals surface area contributed by atoms with E-state index in [9.17, 15) is 10.2 Å². The van der Waals surface area contributed by atoms with E-state index in [0.29, 0.717) is 26.4 Å². The van der Waals surface area contributed by atoms with Gasteiger partial charge in [0, 0.05) is 13.0 Å². The SMILES string of the molecule is CCOCCOCCO[C@@H]1OC(CO)[C@H](O)CC1O. The minimum absolute atomic E-state index is 0.126. The van der Waals surface area contributed by atoms with Crippen LogP contribution in [0.3, 0.4) is 0 Å². The second-order valence-corrected chi connectivity index (χ2v) is 4.28. The predicted molar refractivity (Wildman–Crippen MR) is 65.6 cm³/mol. The lowest BCUT2D eigenvalue weighted by atomic mass is 10.0. The summed E-state index contributed by atoms with van der Waals surface area (Å²) in [4.78, 5) is 0. The Balaban J connectivity index is 2.11. The highest BCUT2D eigenvalue weighted by atomic mass is 16.7. The molecular formula is C12H24O7. The molecule has 3 N–H and O–H groups in total. The van der Waals surface area contributed by atoms with E-state index in [0.717, 1.165) is 0 Å². The van der Waals surface area contributed by atoms with E-state index in [-0.39, 0.29) is 19.6 Å². The summed E-state index contributed by atoms with van der Waals surface area (Å²) in [6, 6.07) is 0. The number of aliphatic hydroxyl groups is 3. The zero-order chi connectivity index (χ0) is 14.1. The second kappa shape index (κ2) is 9.60. The Morgan fingerprint density at radius 3 is 2.42 bits per heavy atom. The normalized spacial score (nSPS) is 31.6. The molecule has 0 bridgehead atoms. The maximum atomic E-state index is 9.67. The molecule has 114 valence electrons. The summed E-state index contributed by atoms with van der Waals surface area (Å²) in [5.74, 6) is 0. The summed E-state index contributed by atoms with van der Waals surface area (Å²) in [7, 11) is 0. The molecule has 1 fully saturated rings. The van der Waals surface area contributed by atoms with Crippen molar-refractivity contribution in [1.29, 1.82) is 0 Å². The van der Waals surface area contributed by atoms with Gasteiger partial charge in [0.15, 0.2) is 6.29 Å². The van der Waals surface area contributed by atoms with Crippen LogP contribution in [0.15, 0.2) is 0 Å². The third-order valence-corrected chi connectivity index (χ3v) is 2.80. The van der Waals surface area contributed by atoms with Gasteiger partial charge in [-0.1, -0.05) is 0 Å². The molecule has 2 unspecified atom stereocenters. The molecule has 1 heterocycles. The summed E-state index contributed by atoms with van der Waals surface area (Å²) in [5.41, 5.74) is 0. The first-order chi connectivity index (χ1) is 9.19. The van der Waals surface area contributed by atoms with Gasteiger partial charge < -0.3 is 34.3 Å². The third-order valence-electron chi connectivity index (χ3n) is 2.80. The maximum absolute atomic E-state index is 9.67. The van der Waals surface area contributed by atoms with Crippen molar-refractivity contribution in [3.05, 3.63) is 0 Å². The van der Waals surface area contributed by atoms with Crippen LogP contribution in [-0.2, 0) is 18.9 Å². The third kappa shape index (κ3) is 6.13. The van der Waals surface area contributed by atoms with E-state index in [1.54, 1.807) is 0 Å². The van der Waals surface area contributed by atoms with Crippen LogP contribution in [0.1, 0.15) is 13.3 Å². The maximum Gasteiger partial charge on any atom is 0.184 e. The van der Waals surface area contributed by atoms with Crippen molar-refractivity contribution in [2.45, 2.75) is 37.9 Å². The summed E-state index contributed by atoms with van der Waals surface area (Å²) < 4.78 is 20.9. The van der Waals surface area contributed by atoms with Gasteiger partial charge in [-0.15, -0.1) is 0 Å². The molecule has 0 aliphatic carbocycles. The fraction of sp³-hybridized carbons (Fsp3) is 1.00. The molecule has 0 aromatic heterocycles. The van der Waals surface area contributed by atoms with E-state index in [1.165, 1.54) is 0 Å². The van der Waals surface area contributed by atoms with Gasteiger partial charge in [-0.3, -0.25) is 0 Å². The van der Waals surface area contributed by atoms with Gasteiger partial charge in [-0.2, -0.15) is 0 Å². The number of rotatable bonds is 9. The highest BCUT2D eigenvalue weighted by molar-refractivity contribution is 4.80. The lowest BCUT2D eigenvalue weighted by Gasteiger charge is -2.36. The smallest absolute Gasteiger partial charge is 0.184 e. The van der Waals surface area contributed by atoms with Gasteiger partial charge >= 0.3 is 0 Å². The van der Waals surface area contributed by atoms with Crippen LogP contribution < -0.4 is 0 Å². The summed E-state index contributed by atoms with van der Waals surface area (Å²) >= 11 is 0. The van der Waals surface area contributed by atoms with E-state index in [4.69, 9.17) is 24.1 Å². The number of hydrogen-bond acceptors (Lipinski definition) is 7. The fourth-order valence-corrected chi connectivity index (χ4v) is 1.77. The predicted octanol–water partition coefficient (Wildman–Crippen LogP) is -1.11. The first kappa shape index (κ1) is 16.8. The van der Waals surface area contributed by atoms with Crippen molar-refractivity contribution in [1.82, 2.24) is 0 Å². The van der Waals surface area contributed by atoms with Crippen LogP contribution in [0, 0.1) is 0 Å². The van der Waals surface area contributed by atoms with Crippen LogP contribution >= 0.6 is 0 Å². The first-order valence-electron chi connectivity index (χ1n) is 6.58. The topological polar surface area (TPSA) is 97.6 Å². The van der Waals surface area contributed by atoms with Gasteiger partial charge in [0.25, 0.3) is 0 Å². The molecule has 0 saturated carbocycles. The Labute approximate surface area is 113 Å². The summed E-state index contributed by atoms with van der Waals surface area (Å²) in [6.07, 6.45) is -3.20. The van der Waals surface area contributed by atoms with E-state index < -0.39 is 24.6 Å². The van der Waals surface area contributed by atoms with Crippen LogP contribution in [0.4, 0.5) is 0 Å². The van der Waals surface area contributed by atoms with Gasteiger partial charge in [-0.25, -0.2) is 0 Å². The van der Waals surface area contributed by atoms with E-state index >= 15 is 0 Å². The second-order valence-electron chi connectivity index (χ2n) is 4.28. The van der Waals surface area contributed by atoms with Crippen LogP contribution in [-0.4, -0.2) is 79.6 Å². The first-order valence-corrected chi connectivity index (χ1v) is 6.58. The van der Waals surface area contributed by atoms with Crippen molar-refractivity contribution in [3.8, 4) is 0 Å². The summed E-state index contributed by atoms with van der Waals surface area (Å²) in [5, 5.41) is 28.2. The highest BCUT2D eigenvalue weighted by Gasteiger charge is 2.36. The Bertz CT molecular complexity index is 226. The van der Waals surface area contributed by atoms with Gasteiger partial charge in [0.2, 0.25) is 0 Å². The van der Waals surface area contributed by atoms with Gasteiger partial charge in [0.1, 0.15) is 12.2 Å². The Morgan fingerprint density at radius 2 is 1.74 bits per heavy atom. The minimum atomic E-state index is -0.902. The number of aliphatic hydroxyl groups excluding tert-OH is 3. The molecule has 1 saturated heterocycles. The molecule has 0 radical (unpaired) electrons. The largest absolute Gasteiger partial charge is 0.394 e. The van der Waals surface area contributed by atoms with Gasteiger partial charge in [-0.05, 0) is 6.92 Å². The lowest BCUT2D eigenvalue weighted by molar-refractivity contribution is -0.272. The average Bonchev–Trinajstić information content (AvgIpc) is 2.40. The molecular weight excluding hydrogens is 256 g/mol. The molecule has 7 heteroatoms. The van der Waals surface area contributed by atoms with E-state index in [2.05, 4.69) is 0 Å². The molecule has 0 aromatic carbocycles. The van der Waals surface area contributed by atoms with Crippen molar-refractivity contribution in [3.63, 3.8) is 0 Å². The van der Waals surface area contributed by atoms with Crippen molar-refractivity contribution in [2.75, 3.05) is 39.6 Å². The van der Waals surface area contributed by atoms with Crippen LogP contribution in [0.5, 0.6) is 0 Å². The Morgan fingerprint density at radius 1 is 1.05 bits per heavy atom. The van der Waals surface area contributed by atoms with E-state index in [1.807, 2.05) is 6.92 Å². The van der Waals surface area contributed by atoms with Crippen molar-refractivity contribution < 1.29 is 34.3 Å².